The lowest BCUT2D eigenvalue weighted by molar-refractivity contribution is -0.394. The van der Waals surface area contributed by atoms with Crippen LogP contribution in [0.5, 0.6) is 11.5 Å². The Kier molecular flexibility index (Phi) is 8.59. The van der Waals surface area contributed by atoms with Gasteiger partial charge in [0.25, 0.3) is 11.2 Å². The maximum Gasteiger partial charge on any atom is 0.338 e. The van der Waals surface area contributed by atoms with Crippen molar-refractivity contribution in [3.05, 3.63) is 129 Å². The van der Waals surface area contributed by atoms with E-state index in [0.717, 1.165) is 23.4 Å². The zero-order chi connectivity index (χ0) is 32.4. The van der Waals surface area contributed by atoms with Gasteiger partial charge in [0.1, 0.15) is 5.75 Å². The van der Waals surface area contributed by atoms with Gasteiger partial charge in [-0.15, -0.1) is 0 Å². The number of nitro groups is 2. The monoisotopic (exact) mass is 629 g/mol. The first-order valence-corrected chi connectivity index (χ1v) is 14.5. The number of allylic oxidation sites excluding steroid dienone is 1. The van der Waals surface area contributed by atoms with Gasteiger partial charge in [-0.3, -0.25) is 29.6 Å². The number of hydrogen-bond acceptors (Lipinski definition) is 11. The molecule has 0 N–H and O–H groups in total. The summed E-state index contributed by atoms with van der Waals surface area (Å²) in [6.07, 6.45) is 1.68. The lowest BCUT2D eigenvalue weighted by Crippen LogP contribution is -2.39. The summed E-state index contributed by atoms with van der Waals surface area (Å²) in [5, 5.41) is 22.5. The molecule has 0 radical (unpaired) electrons. The van der Waals surface area contributed by atoms with Gasteiger partial charge in [0, 0.05) is 25.8 Å². The van der Waals surface area contributed by atoms with E-state index in [1.807, 2.05) is 43.3 Å². The molecule has 0 aliphatic carbocycles. The first-order valence-electron chi connectivity index (χ1n) is 13.7. The number of benzene rings is 3. The predicted molar refractivity (Wildman–Crippen MR) is 167 cm³/mol. The van der Waals surface area contributed by atoms with Crippen LogP contribution in [-0.2, 0) is 9.53 Å². The van der Waals surface area contributed by atoms with Crippen LogP contribution in [0.2, 0.25) is 0 Å². The molecular weight excluding hydrogens is 602 g/mol. The Hall–Kier alpha value is -5.63. The number of carbonyl (C=O) groups excluding carboxylic acids is 1. The molecule has 0 saturated heterocycles. The largest absolute Gasteiger partial charge is 0.463 e. The normalized spacial score (nSPS) is 14.4. The van der Waals surface area contributed by atoms with Gasteiger partial charge in [-0.25, -0.2) is 9.79 Å². The number of ether oxygens (including phenoxy) is 2. The van der Waals surface area contributed by atoms with Crippen molar-refractivity contribution in [3.63, 3.8) is 0 Å². The van der Waals surface area contributed by atoms with Gasteiger partial charge in [-0.2, -0.15) is 0 Å². The first kappa shape index (κ1) is 30.8. The molecule has 0 spiro atoms. The molecule has 0 amide bonds. The molecule has 0 unspecified atom stereocenters. The molecular formula is C31H27N5O8S. The molecule has 1 aromatic heterocycles. The highest BCUT2D eigenvalue weighted by molar-refractivity contribution is 7.07. The van der Waals surface area contributed by atoms with Crippen molar-refractivity contribution < 1.29 is 24.1 Å². The quantitative estimate of drug-likeness (QED) is 0.148. The van der Waals surface area contributed by atoms with Crippen LogP contribution in [0.25, 0.3) is 6.08 Å². The van der Waals surface area contributed by atoms with Gasteiger partial charge in [-0.05, 0) is 61.4 Å². The van der Waals surface area contributed by atoms with Crippen molar-refractivity contribution in [2.75, 3.05) is 25.6 Å². The zero-order valence-corrected chi connectivity index (χ0v) is 25.4. The molecule has 1 atom stereocenters. The highest BCUT2D eigenvalue weighted by atomic mass is 32.1. The minimum absolute atomic E-state index is 0.155. The summed E-state index contributed by atoms with van der Waals surface area (Å²) in [6.45, 7) is 3.61. The molecule has 14 heteroatoms. The van der Waals surface area contributed by atoms with Crippen molar-refractivity contribution in [3.8, 4) is 11.5 Å². The Balaban J connectivity index is 1.52. The number of anilines is 1. The average molecular weight is 630 g/mol. The number of esters is 1. The molecule has 0 saturated carbocycles. The molecule has 13 nitrogen and oxygen atoms in total. The summed E-state index contributed by atoms with van der Waals surface area (Å²) < 4.78 is 12.9. The molecule has 0 bridgehead atoms. The topological polar surface area (TPSA) is 159 Å². The summed E-state index contributed by atoms with van der Waals surface area (Å²) in [5.41, 5.74) is 1.77. The Morgan fingerprint density at radius 2 is 1.73 bits per heavy atom. The van der Waals surface area contributed by atoms with E-state index in [1.54, 1.807) is 44.2 Å². The molecule has 4 aromatic rings. The van der Waals surface area contributed by atoms with E-state index >= 15 is 0 Å². The minimum atomic E-state index is -0.755. The lowest BCUT2D eigenvalue weighted by atomic mass is 9.95. The molecule has 3 aromatic carbocycles. The third-order valence-electron chi connectivity index (χ3n) is 7.00. The van der Waals surface area contributed by atoms with E-state index in [-0.39, 0.29) is 29.2 Å². The summed E-state index contributed by atoms with van der Waals surface area (Å²) in [7, 11) is 3.84. The van der Waals surface area contributed by atoms with Crippen LogP contribution in [0.15, 0.2) is 87.8 Å². The Bertz CT molecular complexity index is 2030. The summed E-state index contributed by atoms with van der Waals surface area (Å²) in [5.74, 6) is -0.446. The Morgan fingerprint density at radius 3 is 2.33 bits per heavy atom. The van der Waals surface area contributed by atoms with Gasteiger partial charge in [-0.1, -0.05) is 35.6 Å². The zero-order valence-electron chi connectivity index (χ0n) is 24.6. The summed E-state index contributed by atoms with van der Waals surface area (Å²) >= 11 is 1.18. The third-order valence-corrected chi connectivity index (χ3v) is 7.98. The van der Waals surface area contributed by atoms with Crippen LogP contribution in [0, 0.1) is 20.2 Å². The smallest absolute Gasteiger partial charge is 0.338 e. The van der Waals surface area contributed by atoms with Crippen molar-refractivity contribution >= 4 is 40.4 Å². The number of fused-ring (bicyclic) bond motifs is 1. The number of carbonyl (C=O) groups is 1. The minimum Gasteiger partial charge on any atom is -0.463 e. The van der Waals surface area contributed by atoms with E-state index in [0.29, 0.717) is 20.6 Å². The number of non-ortho nitro benzene ring substituents is 1. The van der Waals surface area contributed by atoms with E-state index in [1.165, 1.54) is 22.0 Å². The second kappa shape index (κ2) is 12.5. The van der Waals surface area contributed by atoms with Crippen molar-refractivity contribution in [1.82, 2.24) is 4.57 Å². The molecule has 45 heavy (non-hydrogen) atoms. The number of nitrogens with zero attached hydrogens (tertiary/aromatic N) is 5. The van der Waals surface area contributed by atoms with Crippen molar-refractivity contribution in [2.24, 2.45) is 4.99 Å². The van der Waals surface area contributed by atoms with E-state index < -0.39 is 33.2 Å². The van der Waals surface area contributed by atoms with E-state index in [2.05, 4.69) is 4.99 Å². The molecule has 2 heterocycles. The fraction of sp³-hybridized carbons (Fsp3) is 0.194. The highest BCUT2D eigenvalue weighted by Gasteiger charge is 2.33. The van der Waals surface area contributed by atoms with Gasteiger partial charge in [0.2, 0.25) is 5.75 Å². The fourth-order valence-electron chi connectivity index (χ4n) is 4.82. The molecule has 0 fully saturated rings. The first-order chi connectivity index (χ1) is 21.5. The van der Waals surface area contributed by atoms with Crippen LogP contribution >= 0.6 is 11.3 Å². The molecule has 5 rings (SSSR count). The molecule has 1 aliphatic heterocycles. The molecule has 230 valence electrons. The Labute approximate surface area is 259 Å². The second-order valence-electron chi connectivity index (χ2n) is 10.1. The SMILES string of the molecule is CCOC(=O)C1=C(C)N=c2s/c(=C\c3ccc(Oc4ccc([N+](=O)[O-])cc4[N+](=O)[O-])cc3)c(=O)n2[C@H]1c1ccc(N(C)C)cc1. The third kappa shape index (κ3) is 6.21. The number of hydrogen-bond donors (Lipinski definition) is 0. The summed E-state index contributed by atoms with van der Waals surface area (Å²) in [6, 6.07) is 16.4. The maximum atomic E-state index is 13.9. The maximum absolute atomic E-state index is 13.9. The second-order valence-corrected chi connectivity index (χ2v) is 11.1. The van der Waals surface area contributed by atoms with Crippen LogP contribution < -0.4 is 24.5 Å². The van der Waals surface area contributed by atoms with E-state index in [4.69, 9.17) is 9.47 Å². The average Bonchev–Trinajstić information content (AvgIpc) is 3.31. The van der Waals surface area contributed by atoms with Gasteiger partial charge >= 0.3 is 11.7 Å². The van der Waals surface area contributed by atoms with Gasteiger partial charge in [0.15, 0.2) is 4.80 Å². The number of aromatic nitrogens is 1. The van der Waals surface area contributed by atoms with Crippen LogP contribution in [-0.4, -0.2) is 41.1 Å². The van der Waals surface area contributed by atoms with Crippen molar-refractivity contribution in [2.45, 2.75) is 19.9 Å². The highest BCUT2D eigenvalue weighted by Crippen LogP contribution is 2.35. The van der Waals surface area contributed by atoms with Crippen LogP contribution in [0.4, 0.5) is 17.1 Å². The van der Waals surface area contributed by atoms with Crippen LogP contribution in [0.1, 0.15) is 31.0 Å². The number of rotatable bonds is 9. The van der Waals surface area contributed by atoms with Gasteiger partial charge < -0.3 is 14.4 Å². The van der Waals surface area contributed by atoms with Crippen LogP contribution in [0.3, 0.4) is 0 Å². The number of thiazole rings is 1. The summed E-state index contributed by atoms with van der Waals surface area (Å²) in [4.78, 5) is 54.9. The van der Waals surface area contributed by atoms with E-state index in [9.17, 15) is 29.8 Å². The predicted octanol–water partition coefficient (Wildman–Crippen LogP) is 4.47. The lowest BCUT2D eigenvalue weighted by Gasteiger charge is -2.25. The molecule has 1 aliphatic rings. The Morgan fingerprint density at radius 1 is 1.04 bits per heavy atom. The van der Waals surface area contributed by atoms with Gasteiger partial charge in [0.05, 0.1) is 44.4 Å². The number of nitro benzene ring substituents is 2. The van der Waals surface area contributed by atoms with Crippen molar-refractivity contribution in [1.29, 1.82) is 0 Å². The fourth-order valence-corrected chi connectivity index (χ4v) is 5.87. The standard InChI is InChI=1S/C31H27N5O8S/c1-5-43-30(38)27-18(2)32-31-34(28(27)20-8-10-21(11-9-20)33(3)4)29(37)26(45-31)16-19-6-13-23(14-7-19)44-25-15-12-22(35(39)40)17-24(25)36(41)42/h6-17,28H,5H2,1-4H3/b26-16-/t28-/m0/s1.